The monoisotopic (exact) mass is 285 g/mol. The zero-order valence-electron chi connectivity index (χ0n) is 12.4. The van der Waals surface area contributed by atoms with E-state index in [9.17, 15) is 4.79 Å². The number of nitrogens with two attached hydrogens (primary N) is 1. The Morgan fingerprint density at radius 1 is 1.29 bits per heavy atom. The van der Waals surface area contributed by atoms with Gasteiger partial charge in [0, 0.05) is 11.3 Å². The van der Waals surface area contributed by atoms with Gasteiger partial charge in [0.1, 0.15) is 11.6 Å². The Labute approximate surface area is 124 Å². The van der Waals surface area contributed by atoms with Crippen molar-refractivity contribution >= 4 is 17.4 Å². The highest BCUT2D eigenvalue weighted by Gasteiger charge is 2.12. The lowest BCUT2D eigenvalue weighted by Crippen LogP contribution is -2.14. The van der Waals surface area contributed by atoms with E-state index in [1.165, 1.54) is 0 Å². The van der Waals surface area contributed by atoms with Crippen LogP contribution in [0.2, 0.25) is 0 Å². The van der Waals surface area contributed by atoms with Crippen molar-refractivity contribution in [2.75, 3.05) is 18.2 Å². The number of hydrogen-bond acceptors (Lipinski definition) is 4. The molecule has 0 saturated carbocycles. The van der Waals surface area contributed by atoms with Gasteiger partial charge in [0.15, 0.2) is 0 Å². The van der Waals surface area contributed by atoms with Gasteiger partial charge in [-0.3, -0.25) is 4.79 Å². The molecule has 0 bridgehead atoms. The van der Waals surface area contributed by atoms with Gasteiger partial charge in [-0.25, -0.2) is 4.98 Å². The highest BCUT2D eigenvalue weighted by Crippen LogP contribution is 2.24. The molecule has 0 atom stereocenters. The molecule has 0 spiro atoms. The molecule has 5 nitrogen and oxygen atoms in total. The third kappa shape index (κ3) is 3.51. The first-order valence-corrected chi connectivity index (χ1v) is 6.73. The minimum Gasteiger partial charge on any atom is -0.495 e. The van der Waals surface area contributed by atoms with Crippen molar-refractivity contribution in [3.8, 4) is 5.75 Å². The third-order valence-electron chi connectivity index (χ3n) is 3.07. The Morgan fingerprint density at radius 3 is 2.67 bits per heavy atom. The summed E-state index contributed by atoms with van der Waals surface area (Å²) in [6, 6.07) is 10.6. The number of aromatic nitrogens is 1. The van der Waals surface area contributed by atoms with E-state index in [1.807, 2.05) is 26.0 Å². The SMILES string of the molecule is COc1ccccc1NC(=O)c1cc(N)nc(C(C)C)c1. The largest absolute Gasteiger partial charge is 0.495 e. The van der Waals surface area contributed by atoms with Crippen LogP contribution in [0.15, 0.2) is 36.4 Å². The Morgan fingerprint density at radius 2 is 2.00 bits per heavy atom. The summed E-state index contributed by atoms with van der Waals surface area (Å²) < 4.78 is 5.22. The summed E-state index contributed by atoms with van der Waals surface area (Å²) in [5, 5.41) is 2.82. The van der Waals surface area contributed by atoms with Crippen molar-refractivity contribution in [3.05, 3.63) is 47.7 Å². The van der Waals surface area contributed by atoms with Gasteiger partial charge in [0.2, 0.25) is 0 Å². The van der Waals surface area contributed by atoms with E-state index >= 15 is 0 Å². The van der Waals surface area contributed by atoms with E-state index < -0.39 is 0 Å². The Balaban J connectivity index is 2.28. The van der Waals surface area contributed by atoms with Crippen LogP contribution in [0.4, 0.5) is 11.5 Å². The Hall–Kier alpha value is -2.56. The van der Waals surface area contributed by atoms with Crippen molar-refractivity contribution < 1.29 is 9.53 Å². The Kier molecular flexibility index (Phi) is 4.42. The van der Waals surface area contributed by atoms with E-state index in [0.29, 0.717) is 22.8 Å². The van der Waals surface area contributed by atoms with Crippen LogP contribution in [0.1, 0.15) is 35.8 Å². The standard InChI is InChI=1S/C16H19N3O2/c1-10(2)13-8-11(9-15(17)18-13)16(20)19-12-6-4-5-7-14(12)21-3/h4-10H,1-3H3,(H2,17,18)(H,19,20). The van der Waals surface area contributed by atoms with Crippen LogP contribution < -0.4 is 15.8 Å². The minimum atomic E-state index is -0.240. The molecule has 0 aliphatic carbocycles. The van der Waals surface area contributed by atoms with Crippen LogP contribution in [-0.2, 0) is 0 Å². The van der Waals surface area contributed by atoms with Crippen molar-refractivity contribution in [1.82, 2.24) is 4.98 Å². The summed E-state index contributed by atoms with van der Waals surface area (Å²) in [5.41, 5.74) is 7.66. The molecule has 3 N–H and O–H groups in total. The molecule has 1 aromatic heterocycles. The highest BCUT2D eigenvalue weighted by atomic mass is 16.5. The molecule has 0 radical (unpaired) electrons. The summed E-state index contributed by atoms with van der Waals surface area (Å²) in [6.45, 7) is 4.01. The van der Waals surface area contributed by atoms with Gasteiger partial charge in [0.05, 0.1) is 12.8 Å². The maximum absolute atomic E-state index is 12.4. The summed E-state index contributed by atoms with van der Waals surface area (Å²) in [7, 11) is 1.56. The van der Waals surface area contributed by atoms with Gasteiger partial charge < -0.3 is 15.8 Å². The molecule has 0 aliphatic heterocycles. The van der Waals surface area contributed by atoms with Crippen molar-refractivity contribution in [1.29, 1.82) is 0 Å². The molecule has 0 saturated heterocycles. The second-order valence-electron chi connectivity index (χ2n) is 5.01. The minimum absolute atomic E-state index is 0.200. The van der Waals surface area contributed by atoms with Gasteiger partial charge in [-0.2, -0.15) is 0 Å². The number of methoxy groups -OCH3 is 1. The molecule has 0 fully saturated rings. The number of pyridine rings is 1. The summed E-state index contributed by atoms with van der Waals surface area (Å²) in [4.78, 5) is 16.6. The van der Waals surface area contributed by atoms with Gasteiger partial charge in [-0.1, -0.05) is 26.0 Å². The zero-order valence-corrected chi connectivity index (χ0v) is 12.4. The van der Waals surface area contributed by atoms with E-state index in [2.05, 4.69) is 10.3 Å². The third-order valence-corrected chi connectivity index (χ3v) is 3.07. The molecule has 1 aromatic carbocycles. The first-order chi connectivity index (χ1) is 10.0. The van der Waals surface area contributed by atoms with Crippen LogP contribution in [0.5, 0.6) is 5.75 Å². The van der Waals surface area contributed by atoms with Gasteiger partial charge in [0.25, 0.3) is 5.91 Å². The number of anilines is 2. The van der Waals surface area contributed by atoms with E-state index in [1.54, 1.807) is 31.4 Å². The normalized spacial score (nSPS) is 10.5. The number of benzene rings is 1. The number of nitrogens with zero attached hydrogens (tertiary/aromatic N) is 1. The zero-order chi connectivity index (χ0) is 15.4. The van der Waals surface area contributed by atoms with Crippen molar-refractivity contribution in [3.63, 3.8) is 0 Å². The molecule has 1 heterocycles. The van der Waals surface area contributed by atoms with Gasteiger partial charge in [-0.15, -0.1) is 0 Å². The average molecular weight is 285 g/mol. The van der Waals surface area contributed by atoms with Crippen LogP contribution in [0, 0.1) is 0 Å². The number of nitrogens with one attached hydrogen (secondary N) is 1. The number of carbonyl (C=O) groups excluding carboxylic acids is 1. The maximum Gasteiger partial charge on any atom is 0.255 e. The second kappa shape index (κ2) is 6.26. The first kappa shape index (κ1) is 14.8. The summed E-state index contributed by atoms with van der Waals surface area (Å²) in [5.74, 6) is 0.908. The number of rotatable bonds is 4. The van der Waals surface area contributed by atoms with E-state index in [0.717, 1.165) is 5.69 Å². The lowest BCUT2D eigenvalue weighted by atomic mass is 10.1. The van der Waals surface area contributed by atoms with Crippen LogP contribution >= 0.6 is 0 Å². The molecule has 5 heteroatoms. The van der Waals surface area contributed by atoms with Crippen molar-refractivity contribution in [2.24, 2.45) is 0 Å². The van der Waals surface area contributed by atoms with Crippen molar-refractivity contribution in [2.45, 2.75) is 19.8 Å². The van der Waals surface area contributed by atoms with Crippen LogP contribution in [-0.4, -0.2) is 18.0 Å². The molecule has 21 heavy (non-hydrogen) atoms. The average Bonchev–Trinajstić information content (AvgIpc) is 2.47. The lowest BCUT2D eigenvalue weighted by Gasteiger charge is -2.12. The number of ether oxygens (including phenoxy) is 1. The molecular weight excluding hydrogens is 266 g/mol. The molecule has 0 unspecified atom stereocenters. The fourth-order valence-electron chi connectivity index (χ4n) is 1.94. The number of nitrogen functional groups attached to an aromatic ring is 1. The van der Waals surface area contributed by atoms with Gasteiger partial charge in [-0.05, 0) is 30.2 Å². The predicted octanol–water partition coefficient (Wildman–Crippen LogP) is 3.05. The Bertz CT molecular complexity index is 654. The number of amides is 1. The predicted molar refractivity (Wildman–Crippen MR) is 83.7 cm³/mol. The number of hydrogen-bond donors (Lipinski definition) is 2. The number of para-hydroxylation sites is 2. The summed E-state index contributed by atoms with van der Waals surface area (Å²) in [6.07, 6.45) is 0. The maximum atomic E-state index is 12.4. The van der Waals surface area contributed by atoms with Crippen LogP contribution in [0.3, 0.4) is 0 Å². The molecule has 110 valence electrons. The molecule has 0 aliphatic rings. The molecule has 1 amide bonds. The first-order valence-electron chi connectivity index (χ1n) is 6.73. The van der Waals surface area contributed by atoms with Crippen LogP contribution in [0.25, 0.3) is 0 Å². The lowest BCUT2D eigenvalue weighted by molar-refractivity contribution is 0.102. The molecule has 2 rings (SSSR count). The highest BCUT2D eigenvalue weighted by molar-refractivity contribution is 6.05. The molecule has 2 aromatic rings. The number of carbonyl (C=O) groups is 1. The smallest absolute Gasteiger partial charge is 0.255 e. The fraction of sp³-hybridized carbons (Fsp3) is 0.250. The quantitative estimate of drug-likeness (QED) is 0.905. The van der Waals surface area contributed by atoms with E-state index in [-0.39, 0.29) is 11.8 Å². The fourth-order valence-corrected chi connectivity index (χ4v) is 1.94. The topological polar surface area (TPSA) is 77.2 Å². The molecular formula is C16H19N3O2. The van der Waals surface area contributed by atoms with Gasteiger partial charge >= 0.3 is 0 Å². The second-order valence-corrected chi connectivity index (χ2v) is 5.01. The summed E-state index contributed by atoms with van der Waals surface area (Å²) >= 11 is 0. The van der Waals surface area contributed by atoms with E-state index in [4.69, 9.17) is 10.5 Å².